The Bertz CT molecular complexity index is 1790. The third kappa shape index (κ3) is 5.88. The molecule has 6 aromatic carbocycles. The first kappa shape index (κ1) is 31.0. The summed E-state index contributed by atoms with van der Waals surface area (Å²) in [6, 6.07) is 56.4. The van der Waals surface area contributed by atoms with Crippen LogP contribution in [0.1, 0.15) is 0 Å². The molecule has 1 heterocycles. The Morgan fingerprint density at radius 1 is 0.535 bits per heavy atom. The van der Waals surface area contributed by atoms with E-state index in [0.717, 1.165) is 5.30 Å². The highest BCUT2D eigenvalue weighted by molar-refractivity contribution is 9.12. The number of hydrogen-bond acceptors (Lipinski definition) is 4. The van der Waals surface area contributed by atoms with Crippen molar-refractivity contribution < 1.29 is 0 Å². The molecule has 0 aliphatic carbocycles. The van der Waals surface area contributed by atoms with Crippen LogP contribution in [0.5, 0.6) is 0 Å². The first-order chi connectivity index (χ1) is 20.9. The quantitative estimate of drug-likeness (QED) is 0.148. The van der Waals surface area contributed by atoms with E-state index in [-0.39, 0.29) is 0 Å². The SMILES string of the molecule is CN[P@@]1(=S)SP(=S)([S-])c2cccc3cccc1c23.c1ccc([P+](c2ccccc2)(c2ccccc2)c2ccccc2)cc1. The van der Waals surface area contributed by atoms with E-state index in [1.807, 2.05) is 13.1 Å². The Hall–Kier alpha value is -2.03. The summed E-state index contributed by atoms with van der Waals surface area (Å²) in [5.41, 5.74) is 0. The molecule has 1 N–H and O–H groups in total. The first-order valence-corrected chi connectivity index (χ1v) is 24.3. The van der Waals surface area contributed by atoms with E-state index in [9.17, 15) is 0 Å². The molecule has 0 saturated heterocycles. The highest BCUT2D eigenvalue weighted by Gasteiger charge is 2.47. The fourth-order valence-electron chi connectivity index (χ4n) is 5.68. The van der Waals surface area contributed by atoms with E-state index in [4.69, 9.17) is 35.9 Å². The summed E-state index contributed by atoms with van der Waals surface area (Å²) in [4.78, 5) is 0. The highest BCUT2D eigenvalue weighted by atomic mass is 33.4. The molecular weight excluding hydrogens is 656 g/mol. The van der Waals surface area contributed by atoms with E-state index in [2.05, 4.69) is 157 Å². The van der Waals surface area contributed by atoms with Gasteiger partial charge >= 0.3 is 0 Å². The van der Waals surface area contributed by atoms with Crippen molar-refractivity contribution in [1.29, 1.82) is 0 Å². The number of nitrogens with one attached hydrogen (secondary N) is 1. The van der Waals surface area contributed by atoms with Crippen molar-refractivity contribution in [2.24, 2.45) is 0 Å². The second-order valence-corrected chi connectivity index (χ2v) is 30.0. The predicted molar refractivity (Wildman–Crippen MR) is 207 cm³/mol. The molecule has 6 aromatic rings. The third-order valence-corrected chi connectivity index (χ3v) is 29.6. The summed E-state index contributed by atoms with van der Waals surface area (Å²) in [6.07, 6.45) is 0. The molecule has 43 heavy (non-hydrogen) atoms. The molecule has 0 saturated carbocycles. The molecule has 0 amide bonds. The van der Waals surface area contributed by atoms with Crippen LogP contribution in [0.15, 0.2) is 158 Å². The molecule has 1 unspecified atom stereocenters. The largest absolute Gasteiger partial charge is 0.731 e. The normalized spacial score (nSPS) is 19.3. The van der Waals surface area contributed by atoms with Crippen LogP contribution in [0.4, 0.5) is 0 Å². The van der Waals surface area contributed by atoms with Gasteiger partial charge in [-0.15, -0.1) is 11.8 Å². The fraction of sp³-hybridized carbons (Fsp3) is 0.0286. The number of benzene rings is 6. The molecule has 214 valence electrons. The molecule has 8 heteroatoms. The average Bonchev–Trinajstić information content (AvgIpc) is 3.06. The third-order valence-electron chi connectivity index (χ3n) is 7.56. The Balaban J connectivity index is 0.000000162. The first-order valence-electron chi connectivity index (χ1n) is 13.9. The zero-order valence-corrected chi connectivity index (χ0v) is 29.4. The van der Waals surface area contributed by atoms with Crippen molar-refractivity contribution in [3.63, 3.8) is 0 Å². The van der Waals surface area contributed by atoms with E-state index < -0.39 is 17.1 Å². The number of rotatable bonds is 5. The second kappa shape index (κ2) is 13.1. The molecule has 0 fully saturated rings. The van der Waals surface area contributed by atoms with Crippen LogP contribution in [-0.4, -0.2) is 7.05 Å². The van der Waals surface area contributed by atoms with Crippen molar-refractivity contribution >= 4 is 107 Å². The van der Waals surface area contributed by atoms with Crippen molar-refractivity contribution in [3.05, 3.63) is 158 Å². The molecule has 1 aliphatic rings. The minimum absolute atomic E-state index is 1.15. The summed E-state index contributed by atoms with van der Waals surface area (Å²) >= 11 is 18.9. The Morgan fingerprint density at radius 2 is 0.907 bits per heavy atom. The standard InChI is InChI=1S/C24H20P.C11H11NP2S4/c1-5-13-21(14-6-1)25(22-15-7-2-8-16-22,23-17-9-3-10-18-23)24-19-11-4-12-20-24;1-12-13(15)9-6-2-4-8-5-3-7-10(11(8)9)14(16,17)18-13/h1-20H;2-7H,1H3,(H,12,15)(H,16,17)/q+1;/p-1/t;13-/m.0/s1. The van der Waals surface area contributed by atoms with Gasteiger partial charge in [-0.2, -0.15) is 0 Å². The maximum Gasteiger partial charge on any atom is 0.144 e. The maximum absolute atomic E-state index is 5.85. The summed E-state index contributed by atoms with van der Waals surface area (Å²) in [5, 5.41) is 11.8. The summed E-state index contributed by atoms with van der Waals surface area (Å²) in [7, 11) is 0.0162. The van der Waals surface area contributed by atoms with Crippen LogP contribution in [0.3, 0.4) is 0 Å². The van der Waals surface area contributed by atoms with Gasteiger partial charge in [0.1, 0.15) is 28.5 Å². The zero-order valence-electron chi connectivity index (χ0n) is 23.5. The van der Waals surface area contributed by atoms with Crippen LogP contribution in [-0.2, 0) is 35.9 Å². The van der Waals surface area contributed by atoms with Gasteiger partial charge in [-0.05, 0) is 71.7 Å². The van der Waals surface area contributed by atoms with Gasteiger partial charge in [0.2, 0.25) is 0 Å². The lowest BCUT2D eigenvalue weighted by atomic mass is 10.1. The predicted octanol–water partition coefficient (Wildman–Crippen LogP) is 7.53. The molecular formula is C35H30NP3S4. The highest BCUT2D eigenvalue weighted by Crippen LogP contribution is 2.76. The van der Waals surface area contributed by atoms with Crippen LogP contribution >= 0.6 is 28.1 Å². The van der Waals surface area contributed by atoms with Crippen LogP contribution in [0.2, 0.25) is 0 Å². The van der Waals surface area contributed by atoms with E-state index >= 15 is 0 Å². The molecule has 0 spiro atoms. The van der Waals surface area contributed by atoms with Gasteiger partial charge in [0, 0.05) is 5.30 Å². The van der Waals surface area contributed by atoms with Crippen LogP contribution < -0.4 is 36.9 Å². The zero-order chi connectivity index (χ0) is 29.9. The lowest BCUT2D eigenvalue weighted by Gasteiger charge is -2.40. The lowest BCUT2D eigenvalue weighted by Crippen LogP contribution is -2.38. The van der Waals surface area contributed by atoms with Crippen molar-refractivity contribution in [2.75, 3.05) is 7.05 Å². The van der Waals surface area contributed by atoms with Gasteiger partial charge in [0.05, 0.1) is 5.39 Å². The van der Waals surface area contributed by atoms with E-state index in [1.165, 1.54) is 37.3 Å². The second-order valence-electron chi connectivity index (χ2n) is 10.0. The van der Waals surface area contributed by atoms with Gasteiger partial charge in [-0.1, -0.05) is 136 Å². The Morgan fingerprint density at radius 3 is 1.28 bits per heavy atom. The van der Waals surface area contributed by atoms with Gasteiger partial charge in [-0.3, -0.25) is 5.09 Å². The van der Waals surface area contributed by atoms with E-state index in [0.29, 0.717) is 0 Å². The smallest absolute Gasteiger partial charge is 0.144 e. The monoisotopic (exact) mass is 685 g/mol. The minimum Gasteiger partial charge on any atom is -0.731 e. The average molecular weight is 686 g/mol. The topological polar surface area (TPSA) is 12.0 Å². The van der Waals surface area contributed by atoms with Gasteiger partial charge in [-0.25, -0.2) is 0 Å². The van der Waals surface area contributed by atoms with Crippen molar-refractivity contribution in [3.8, 4) is 0 Å². The molecule has 7 rings (SSSR count). The lowest BCUT2D eigenvalue weighted by molar-refractivity contribution is 1.29. The van der Waals surface area contributed by atoms with Crippen LogP contribution in [0, 0.1) is 0 Å². The molecule has 0 radical (unpaired) electrons. The van der Waals surface area contributed by atoms with Gasteiger partial charge < -0.3 is 12.2 Å². The Kier molecular flexibility index (Phi) is 9.46. The molecule has 0 aromatic heterocycles. The fourth-order valence-corrected chi connectivity index (χ4v) is 31.8. The van der Waals surface area contributed by atoms with Crippen molar-refractivity contribution in [1.82, 2.24) is 5.09 Å². The van der Waals surface area contributed by atoms with Crippen LogP contribution in [0.25, 0.3) is 10.8 Å². The molecule has 1 nitrogen and oxygen atoms in total. The molecule has 1 aliphatic heterocycles. The molecule has 2 atom stereocenters. The summed E-state index contributed by atoms with van der Waals surface area (Å²) in [5.74, 6) is 0. The minimum atomic E-state index is -2.02. The van der Waals surface area contributed by atoms with Crippen molar-refractivity contribution in [2.45, 2.75) is 0 Å². The molecule has 0 bridgehead atoms. The van der Waals surface area contributed by atoms with Gasteiger partial charge in [0.15, 0.2) is 0 Å². The maximum atomic E-state index is 5.85. The number of hydrogen-bond donors (Lipinski definition) is 1. The Labute approximate surface area is 274 Å². The van der Waals surface area contributed by atoms with E-state index in [1.54, 1.807) is 11.0 Å². The van der Waals surface area contributed by atoms with Gasteiger partial charge in [0.25, 0.3) is 0 Å². The summed E-state index contributed by atoms with van der Waals surface area (Å²) < 4.78 is -2.02. The summed E-state index contributed by atoms with van der Waals surface area (Å²) in [6.45, 7) is 0.